The Morgan fingerprint density at radius 1 is 1.00 bits per heavy atom. The standard InChI is InChI=1S/C25H25N5O3S/c1-25(2,3)33-24(31)28-21-15-17(13-14-26-21)16-32-20-12-8-7-11-19(20)22-29-30-23(34-22)27-18-9-5-4-6-10-18/h4-15H,16H2,1-3H3,(H,27,30)(H,26,28,31). The number of amides is 1. The highest BCUT2D eigenvalue weighted by atomic mass is 32.1. The minimum Gasteiger partial charge on any atom is -0.488 e. The van der Waals surface area contributed by atoms with Crippen LogP contribution in [0.5, 0.6) is 5.75 Å². The van der Waals surface area contributed by atoms with E-state index >= 15 is 0 Å². The molecule has 4 aromatic rings. The van der Waals surface area contributed by atoms with Gasteiger partial charge in [-0.05, 0) is 62.7 Å². The summed E-state index contributed by atoms with van der Waals surface area (Å²) >= 11 is 1.45. The van der Waals surface area contributed by atoms with Crippen LogP contribution in [0, 0.1) is 0 Å². The van der Waals surface area contributed by atoms with Crippen LogP contribution in [0.15, 0.2) is 72.9 Å². The summed E-state index contributed by atoms with van der Waals surface area (Å²) in [7, 11) is 0. The predicted molar refractivity (Wildman–Crippen MR) is 133 cm³/mol. The molecule has 0 aliphatic heterocycles. The van der Waals surface area contributed by atoms with Gasteiger partial charge < -0.3 is 14.8 Å². The van der Waals surface area contributed by atoms with Gasteiger partial charge in [0, 0.05) is 11.9 Å². The van der Waals surface area contributed by atoms with Gasteiger partial charge in [0.05, 0.1) is 5.56 Å². The highest BCUT2D eigenvalue weighted by molar-refractivity contribution is 7.18. The van der Waals surface area contributed by atoms with Crippen molar-refractivity contribution in [1.82, 2.24) is 15.2 Å². The molecule has 0 aliphatic carbocycles. The van der Waals surface area contributed by atoms with Gasteiger partial charge in [0.15, 0.2) is 5.01 Å². The summed E-state index contributed by atoms with van der Waals surface area (Å²) in [5, 5.41) is 15.9. The molecule has 2 aromatic heterocycles. The van der Waals surface area contributed by atoms with Crippen molar-refractivity contribution in [2.24, 2.45) is 0 Å². The lowest BCUT2D eigenvalue weighted by atomic mass is 10.2. The van der Waals surface area contributed by atoms with Crippen LogP contribution in [0.2, 0.25) is 0 Å². The molecule has 4 rings (SSSR count). The van der Waals surface area contributed by atoms with E-state index in [1.54, 1.807) is 33.0 Å². The Morgan fingerprint density at radius 2 is 1.76 bits per heavy atom. The maximum atomic E-state index is 12.0. The zero-order valence-electron chi connectivity index (χ0n) is 19.1. The number of rotatable bonds is 7. The summed E-state index contributed by atoms with van der Waals surface area (Å²) in [5.41, 5.74) is 2.06. The average molecular weight is 476 g/mol. The third kappa shape index (κ3) is 6.52. The van der Waals surface area contributed by atoms with Crippen molar-refractivity contribution in [2.45, 2.75) is 33.0 Å². The number of anilines is 3. The monoisotopic (exact) mass is 475 g/mol. The summed E-state index contributed by atoms with van der Waals surface area (Å²) in [6.45, 7) is 5.71. The Morgan fingerprint density at radius 3 is 2.56 bits per heavy atom. The van der Waals surface area contributed by atoms with Crippen molar-refractivity contribution in [3.63, 3.8) is 0 Å². The molecular formula is C25H25N5O3S. The molecule has 9 heteroatoms. The van der Waals surface area contributed by atoms with Gasteiger partial charge in [-0.15, -0.1) is 10.2 Å². The van der Waals surface area contributed by atoms with E-state index in [1.165, 1.54) is 11.3 Å². The number of nitrogens with zero attached hydrogens (tertiary/aromatic N) is 3. The number of carbonyl (C=O) groups is 1. The fourth-order valence-electron chi connectivity index (χ4n) is 3.00. The number of nitrogens with one attached hydrogen (secondary N) is 2. The van der Waals surface area contributed by atoms with E-state index in [2.05, 4.69) is 25.8 Å². The Bertz CT molecular complexity index is 1250. The smallest absolute Gasteiger partial charge is 0.413 e. The first-order chi connectivity index (χ1) is 16.4. The van der Waals surface area contributed by atoms with E-state index in [0.717, 1.165) is 21.8 Å². The SMILES string of the molecule is CC(C)(C)OC(=O)Nc1cc(COc2ccccc2-c2nnc(Nc3ccccc3)s2)ccn1. The molecule has 0 bridgehead atoms. The predicted octanol–water partition coefficient (Wildman–Crippen LogP) is 6.27. The molecule has 0 unspecified atom stereocenters. The van der Waals surface area contributed by atoms with Crippen molar-refractivity contribution in [1.29, 1.82) is 0 Å². The summed E-state index contributed by atoms with van der Waals surface area (Å²) in [6, 6.07) is 21.1. The fourth-order valence-corrected chi connectivity index (χ4v) is 3.79. The van der Waals surface area contributed by atoms with Crippen LogP contribution in [0.25, 0.3) is 10.6 Å². The quantitative estimate of drug-likeness (QED) is 0.325. The first kappa shape index (κ1) is 23.2. The molecule has 2 heterocycles. The fraction of sp³-hybridized carbons (Fsp3) is 0.200. The molecule has 0 saturated carbocycles. The highest BCUT2D eigenvalue weighted by Gasteiger charge is 2.17. The molecule has 0 saturated heterocycles. The molecule has 0 fully saturated rings. The van der Waals surface area contributed by atoms with Gasteiger partial charge in [0.25, 0.3) is 0 Å². The molecular weight excluding hydrogens is 450 g/mol. The van der Waals surface area contributed by atoms with E-state index < -0.39 is 11.7 Å². The summed E-state index contributed by atoms with van der Waals surface area (Å²) in [5.74, 6) is 1.08. The van der Waals surface area contributed by atoms with Crippen molar-refractivity contribution in [3.05, 3.63) is 78.5 Å². The number of pyridine rings is 1. The Kier molecular flexibility index (Phi) is 7.03. The van der Waals surface area contributed by atoms with Crippen molar-refractivity contribution >= 4 is 34.1 Å². The molecule has 8 nitrogen and oxygen atoms in total. The lowest BCUT2D eigenvalue weighted by Gasteiger charge is -2.19. The normalized spacial score (nSPS) is 11.0. The van der Waals surface area contributed by atoms with Crippen molar-refractivity contribution < 1.29 is 14.3 Å². The third-order valence-corrected chi connectivity index (χ3v) is 5.29. The van der Waals surface area contributed by atoms with Crippen molar-refractivity contribution in [3.8, 4) is 16.3 Å². The Balaban J connectivity index is 1.43. The molecule has 1 amide bonds. The summed E-state index contributed by atoms with van der Waals surface area (Å²) in [4.78, 5) is 16.2. The number of carbonyl (C=O) groups excluding carboxylic acids is 1. The Labute approximate surface area is 202 Å². The van der Waals surface area contributed by atoms with Gasteiger partial charge in [0.2, 0.25) is 5.13 Å². The zero-order valence-corrected chi connectivity index (χ0v) is 19.9. The van der Waals surface area contributed by atoms with Gasteiger partial charge in [-0.3, -0.25) is 5.32 Å². The van der Waals surface area contributed by atoms with E-state index in [-0.39, 0.29) is 6.61 Å². The molecule has 2 aromatic carbocycles. The number of hydrogen-bond acceptors (Lipinski definition) is 8. The van der Waals surface area contributed by atoms with Gasteiger partial charge in [-0.1, -0.05) is 41.7 Å². The number of ether oxygens (including phenoxy) is 2. The van der Waals surface area contributed by atoms with Crippen LogP contribution in [0.4, 0.5) is 21.4 Å². The molecule has 34 heavy (non-hydrogen) atoms. The van der Waals surface area contributed by atoms with Crippen LogP contribution in [0.1, 0.15) is 26.3 Å². The maximum Gasteiger partial charge on any atom is 0.413 e. The van der Waals surface area contributed by atoms with Crippen LogP contribution in [0.3, 0.4) is 0 Å². The minimum atomic E-state index is -0.588. The second-order valence-corrected chi connectivity index (χ2v) is 9.34. The molecule has 2 N–H and O–H groups in total. The minimum absolute atomic E-state index is 0.288. The number of hydrogen-bond donors (Lipinski definition) is 2. The maximum absolute atomic E-state index is 12.0. The van der Waals surface area contributed by atoms with E-state index in [1.807, 2.05) is 60.7 Å². The average Bonchev–Trinajstić information content (AvgIpc) is 3.26. The lowest BCUT2D eigenvalue weighted by molar-refractivity contribution is 0.0635. The summed E-state index contributed by atoms with van der Waals surface area (Å²) in [6.07, 6.45) is 1.06. The Hall–Kier alpha value is -3.98. The zero-order chi connectivity index (χ0) is 24.0. The number of aromatic nitrogens is 3. The number of benzene rings is 2. The van der Waals surface area contributed by atoms with Gasteiger partial charge in [-0.25, -0.2) is 9.78 Å². The second kappa shape index (κ2) is 10.3. The molecule has 0 spiro atoms. The van der Waals surface area contributed by atoms with Gasteiger partial charge in [0.1, 0.15) is 23.8 Å². The van der Waals surface area contributed by atoms with E-state index in [4.69, 9.17) is 9.47 Å². The van der Waals surface area contributed by atoms with Crippen LogP contribution < -0.4 is 15.4 Å². The van der Waals surface area contributed by atoms with E-state index in [9.17, 15) is 4.79 Å². The lowest BCUT2D eigenvalue weighted by Crippen LogP contribution is -2.27. The first-order valence-electron chi connectivity index (χ1n) is 10.7. The largest absolute Gasteiger partial charge is 0.488 e. The third-order valence-electron chi connectivity index (χ3n) is 4.42. The highest BCUT2D eigenvalue weighted by Crippen LogP contribution is 2.34. The topological polar surface area (TPSA) is 98.3 Å². The summed E-state index contributed by atoms with van der Waals surface area (Å²) < 4.78 is 11.4. The molecule has 0 atom stereocenters. The van der Waals surface area contributed by atoms with Gasteiger partial charge >= 0.3 is 6.09 Å². The van der Waals surface area contributed by atoms with Crippen LogP contribution >= 0.6 is 11.3 Å². The van der Waals surface area contributed by atoms with Gasteiger partial charge in [-0.2, -0.15) is 0 Å². The van der Waals surface area contributed by atoms with Crippen molar-refractivity contribution in [2.75, 3.05) is 10.6 Å². The van der Waals surface area contributed by atoms with Crippen LogP contribution in [-0.4, -0.2) is 26.9 Å². The van der Waals surface area contributed by atoms with E-state index in [0.29, 0.717) is 16.7 Å². The molecule has 0 radical (unpaired) electrons. The molecule has 0 aliphatic rings. The second-order valence-electron chi connectivity index (χ2n) is 8.36. The molecule has 174 valence electrons. The van der Waals surface area contributed by atoms with Crippen LogP contribution in [-0.2, 0) is 11.3 Å². The number of para-hydroxylation sites is 2. The first-order valence-corrected chi connectivity index (χ1v) is 11.5.